The molecule has 0 amide bonds. The van der Waals surface area contributed by atoms with Gasteiger partial charge in [-0.2, -0.15) is 0 Å². The topological polar surface area (TPSA) is 118 Å². The number of hydrogen-bond acceptors (Lipinski definition) is 7. The highest BCUT2D eigenvalue weighted by Crippen LogP contribution is 2.29. The summed E-state index contributed by atoms with van der Waals surface area (Å²) in [5.74, 6) is -0.0481. The molecule has 1 aliphatic rings. The maximum Gasteiger partial charge on any atom is 0.248 e. The fraction of sp³-hybridized carbons (Fsp3) is 0.444. The summed E-state index contributed by atoms with van der Waals surface area (Å²) in [5, 5.41) is 36.8. The van der Waals surface area contributed by atoms with Crippen LogP contribution in [-0.4, -0.2) is 76.7 Å². The van der Waals surface area contributed by atoms with Crippen LogP contribution in [-0.2, 0) is 11.2 Å². The molecule has 5 N–H and O–H groups in total. The Bertz CT molecular complexity index is 1240. The molecule has 2 heterocycles. The lowest BCUT2D eigenvalue weighted by molar-refractivity contribution is -0.0266. The second kappa shape index (κ2) is 12.6. The fourth-order valence-corrected chi connectivity index (χ4v) is 5.30. The summed E-state index contributed by atoms with van der Waals surface area (Å²) < 4.78 is 5.78. The van der Waals surface area contributed by atoms with E-state index in [2.05, 4.69) is 15.2 Å². The highest BCUT2D eigenvalue weighted by atomic mass is 35.5. The minimum atomic E-state index is -0.865. The molecule has 10 heteroatoms. The third kappa shape index (κ3) is 7.23. The van der Waals surface area contributed by atoms with Crippen LogP contribution in [0.1, 0.15) is 30.1 Å². The average Bonchev–Trinajstić information content (AvgIpc) is 2.87. The number of H-pyrrole nitrogens is 1. The van der Waals surface area contributed by atoms with Crippen LogP contribution in [0.15, 0.2) is 47.3 Å². The van der Waals surface area contributed by atoms with Crippen molar-refractivity contribution in [2.45, 2.75) is 31.0 Å². The molecule has 1 aromatic heterocycles. The molecule has 3 aromatic rings. The zero-order chi connectivity index (χ0) is 26.4. The lowest BCUT2D eigenvalue weighted by Crippen LogP contribution is -2.50. The molecule has 200 valence electrons. The van der Waals surface area contributed by atoms with Crippen molar-refractivity contribution in [2.75, 3.05) is 45.9 Å². The average molecular weight is 550 g/mol. The first-order valence-electron chi connectivity index (χ1n) is 12.4. The number of piperidine rings is 1. The highest BCUT2D eigenvalue weighted by molar-refractivity contribution is 6.35. The molecule has 0 unspecified atom stereocenters. The van der Waals surface area contributed by atoms with E-state index in [0.29, 0.717) is 65.5 Å². The van der Waals surface area contributed by atoms with E-state index >= 15 is 0 Å². The van der Waals surface area contributed by atoms with Gasteiger partial charge in [0.05, 0.1) is 30.4 Å². The first kappa shape index (κ1) is 27.9. The number of rotatable bonds is 11. The second-order valence-corrected chi connectivity index (χ2v) is 10.4. The maximum absolute atomic E-state index is 11.6. The molecule has 1 fully saturated rings. The van der Waals surface area contributed by atoms with Crippen molar-refractivity contribution in [1.29, 1.82) is 0 Å². The van der Waals surface area contributed by atoms with E-state index < -0.39 is 11.7 Å². The molecular formula is C27H33Cl2N3O5. The Morgan fingerprint density at radius 3 is 2.54 bits per heavy atom. The number of pyridine rings is 1. The van der Waals surface area contributed by atoms with Crippen molar-refractivity contribution < 1.29 is 20.1 Å². The molecule has 0 aliphatic carbocycles. The molecule has 1 atom stereocenters. The third-order valence-electron chi connectivity index (χ3n) is 6.95. The summed E-state index contributed by atoms with van der Waals surface area (Å²) in [6, 6.07) is 11.5. The Balaban J connectivity index is 1.17. The van der Waals surface area contributed by atoms with Crippen LogP contribution in [0.4, 0.5) is 0 Å². The summed E-state index contributed by atoms with van der Waals surface area (Å²) in [7, 11) is 0. The van der Waals surface area contributed by atoms with Crippen LogP contribution in [0.5, 0.6) is 5.75 Å². The van der Waals surface area contributed by atoms with E-state index in [-0.39, 0.29) is 17.9 Å². The number of nitrogens with one attached hydrogen (secondary N) is 2. The van der Waals surface area contributed by atoms with Gasteiger partial charge in [-0.15, -0.1) is 0 Å². The zero-order valence-corrected chi connectivity index (χ0v) is 22.1. The predicted octanol–water partition coefficient (Wildman–Crippen LogP) is 3.25. The number of hydrogen-bond donors (Lipinski definition) is 5. The first-order valence-corrected chi connectivity index (χ1v) is 13.2. The van der Waals surface area contributed by atoms with E-state index in [9.17, 15) is 20.1 Å². The van der Waals surface area contributed by atoms with Crippen molar-refractivity contribution in [1.82, 2.24) is 15.2 Å². The number of aliphatic hydroxyl groups excluding tert-OH is 1. The Hall–Kier alpha value is -2.17. The zero-order valence-electron chi connectivity index (χ0n) is 20.6. The van der Waals surface area contributed by atoms with Gasteiger partial charge in [0.25, 0.3) is 0 Å². The summed E-state index contributed by atoms with van der Waals surface area (Å²) in [6.07, 6.45) is 1.03. The number of aromatic nitrogens is 1. The molecule has 8 nitrogen and oxygen atoms in total. The summed E-state index contributed by atoms with van der Waals surface area (Å²) in [5.41, 5.74) is 0.622. The molecule has 37 heavy (non-hydrogen) atoms. The quantitative estimate of drug-likeness (QED) is 0.233. The van der Waals surface area contributed by atoms with Crippen molar-refractivity contribution in [3.63, 3.8) is 0 Å². The van der Waals surface area contributed by atoms with Crippen molar-refractivity contribution >= 4 is 34.1 Å². The van der Waals surface area contributed by atoms with E-state index in [1.807, 2.05) is 18.2 Å². The van der Waals surface area contributed by atoms with Gasteiger partial charge in [0, 0.05) is 54.2 Å². The van der Waals surface area contributed by atoms with Crippen molar-refractivity contribution in [3.05, 3.63) is 74.0 Å². The third-order valence-corrected chi connectivity index (χ3v) is 7.66. The number of fused-ring (bicyclic) bond motifs is 1. The summed E-state index contributed by atoms with van der Waals surface area (Å²) in [4.78, 5) is 16.5. The Labute approximate surface area is 225 Å². The number of phenols is 1. The largest absolute Gasteiger partial charge is 0.506 e. The molecule has 1 aliphatic heterocycles. The number of benzene rings is 2. The number of aromatic hydroxyl groups is 1. The van der Waals surface area contributed by atoms with Gasteiger partial charge in [-0.1, -0.05) is 35.3 Å². The maximum atomic E-state index is 11.6. The van der Waals surface area contributed by atoms with Gasteiger partial charge in [-0.3, -0.25) is 4.79 Å². The lowest BCUT2D eigenvalue weighted by atomic mass is 9.91. The highest BCUT2D eigenvalue weighted by Gasteiger charge is 2.32. The van der Waals surface area contributed by atoms with Gasteiger partial charge in [0.2, 0.25) is 5.56 Å². The van der Waals surface area contributed by atoms with Gasteiger partial charge in [0.1, 0.15) is 5.75 Å². The Kier molecular flexibility index (Phi) is 9.47. The number of likely N-dealkylation sites (tertiary alicyclic amines) is 1. The number of nitrogens with zero attached hydrogens (tertiary/aromatic N) is 1. The Morgan fingerprint density at radius 1 is 1.08 bits per heavy atom. The van der Waals surface area contributed by atoms with Crippen LogP contribution in [0.2, 0.25) is 10.0 Å². The number of phenolic OH excluding ortho intramolecular Hbond substituents is 1. The smallest absolute Gasteiger partial charge is 0.248 e. The van der Waals surface area contributed by atoms with E-state index in [1.54, 1.807) is 12.1 Å². The molecular weight excluding hydrogens is 517 g/mol. The van der Waals surface area contributed by atoms with Crippen molar-refractivity contribution in [3.8, 4) is 5.75 Å². The van der Waals surface area contributed by atoms with E-state index in [4.69, 9.17) is 27.9 Å². The molecule has 0 bridgehead atoms. The molecule has 0 saturated carbocycles. The van der Waals surface area contributed by atoms with Crippen LogP contribution in [0.25, 0.3) is 10.9 Å². The predicted molar refractivity (Wildman–Crippen MR) is 146 cm³/mol. The summed E-state index contributed by atoms with van der Waals surface area (Å²) >= 11 is 12.4. The van der Waals surface area contributed by atoms with Gasteiger partial charge < -0.3 is 35.3 Å². The number of aliphatic hydroxyl groups is 2. The number of aromatic amines is 1. The van der Waals surface area contributed by atoms with Crippen LogP contribution >= 0.6 is 23.2 Å². The number of ether oxygens (including phenoxy) is 1. The van der Waals surface area contributed by atoms with Crippen molar-refractivity contribution in [2.24, 2.45) is 0 Å². The molecule has 4 rings (SSSR count). The van der Waals surface area contributed by atoms with Gasteiger partial charge in [-0.25, -0.2) is 0 Å². The van der Waals surface area contributed by atoms with E-state index in [0.717, 1.165) is 25.2 Å². The molecule has 0 radical (unpaired) electrons. The standard InChI is InChI=1S/C27H33Cl2N3O5/c28-21-2-1-3-22(29)20(21)8-14-37-15-13-32-11-9-27(36,10-12-32)17-30-16-24(34)18-4-6-23(33)26-19(18)5-7-25(35)31-26/h1-7,24,30,33-34,36H,8-17H2,(H,31,35)/t24-/m0/s1. The first-order chi connectivity index (χ1) is 17.8. The molecule has 0 spiro atoms. The fourth-order valence-electron chi connectivity index (χ4n) is 4.71. The monoisotopic (exact) mass is 549 g/mol. The molecule has 1 saturated heterocycles. The number of halogens is 2. The van der Waals surface area contributed by atoms with Crippen LogP contribution in [0.3, 0.4) is 0 Å². The Morgan fingerprint density at radius 2 is 1.81 bits per heavy atom. The van der Waals surface area contributed by atoms with Crippen LogP contribution < -0.4 is 10.9 Å². The minimum Gasteiger partial charge on any atom is -0.506 e. The SMILES string of the molecule is O=c1ccc2c([C@@H](O)CNCC3(O)CCN(CCOCCc4c(Cl)cccc4Cl)CC3)ccc(O)c2[nH]1. The lowest BCUT2D eigenvalue weighted by Gasteiger charge is -2.38. The van der Waals surface area contributed by atoms with E-state index in [1.165, 1.54) is 12.1 Å². The van der Waals surface area contributed by atoms with Crippen LogP contribution in [0, 0.1) is 0 Å². The minimum absolute atomic E-state index is 0.0481. The second-order valence-electron chi connectivity index (χ2n) is 9.56. The van der Waals surface area contributed by atoms with Gasteiger partial charge >= 0.3 is 0 Å². The van der Waals surface area contributed by atoms with Gasteiger partial charge in [-0.05, 0) is 54.7 Å². The normalized spacial score (nSPS) is 16.8. The summed E-state index contributed by atoms with van der Waals surface area (Å²) in [6.45, 7) is 4.03. The van der Waals surface area contributed by atoms with Gasteiger partial charge in [0.15, 0.2) is 0 Å². The molecule has 2 aromatic carbocycles.